The molecule has 0 unspecified atom stereocenters. The van der Waals surface area contributed by atoms with Gasteiger partial charge >= 0.3 is 6.09 Å². The SMILES string of the molecule is C[C@@H](CCCO[Si](C)(C)C(C)(C)C)CN(C[C@@H](O)[C@H](Cc1ccc(OCc2ccccc2)cc1)NC(=O)O)S(=O)(=O)c1ccccc1. The Balaban J connectivity index is 1.71. The third-order valence-electron chi connectivity index (χ3n) is 8.80. The van der Waals surface area contributed by atoms with Gasteiger partial charge in [0.15, 0.2) is 8.32 Å². The van der Waals surface area contributed by atoms with Gasteiger partial charge in [0.1, 0.15) is 12.4 Å². The Bertz CT molecular complexity index is 1480. The summed E-state index contributed by atoms with van der Waals surface area (Å²) in [5, 5.41) is 23.5. The van der Waals surface area contributed by atoms with Crippen LogP contribution in [0.15, 0.2) is 89.8 Å². The van der Waals surface area contributed by atoms with Crippen LogP contribution in [0.2, 0.25) is 18.1 Å². The zero-order valence-corrected chi connectivity index (χ0v) is 30.4. The van der Waals surface area contributed by atoms with Crippen LogP contribution in [-0.4, -0.2) is 69.2 Å². The molecule has 0 aliphatic rings. The van der Waals surface area contributed by atoms with Crippen molar-refractivity contribution in [3.63, 3.8) is 0 Å². The first-order chi connectivity index (χ1) is 22.1. The Labute approximate surface area is 282 Å². The monoisotopic (exact) mass is 684 g/mol. The van der Waals surface area contributed by atoms with Crippen LogP contribution in [0.3, 0.4) is 0 Å². The summed E-state index contributed by atoms with van der Waals surface area (Å²) in [6, 6.07) is 24.2. The van der Waals surface area contributed by atoms with E-state index in [1.807, 2.05) is 49.4 Å². The minimum atomic E-state index is -3.98. The Kier molecular flexibility index (Phi) is 14.0. The van der Waals surface area contributed by atoms with E-state index in [2.05, 4.69) is 39.2 Å². The predicted molar refractivity (Wildman–Crippen MR) is 189 cm³/mol. The Morgan fingerprint density at radius 3 is 2.09 bits per heavy atom. The van der Waals surface area contributed by atoms with Crippen LogP contribution in [0.1, 0.15) is 51.7 Å². The molecule has 0 bridgehead atoms. The second-order valence-corrected chi connectivity index (χ2v) is 20.5. The third kappa shape index (κ3) is 12.1. The minimum absolute atomic E-state index is 0.0296. The highest BCUT2D eigenvalue weighted by Gasteiger charge is 2.37. The fourth-order valence-corrected chi connectivity index (χ4v) is 7.61. The van der Waals surface area contributed by atoms with Gasteiger partial charge in [-0.25, -0.2) is 13.2 Å². The summed E-state index contributed by atoms with van der Waals surface area (Å²) in [6.07, 6.45) is -0.936. The molecule has 0 spiro atoms. The fourth-order valence-electron chi connectivity index (χ4n) is 4.92. The van der Waals surface area contributed by atoms with Gasteiger partial charge in [-0.15, -0.1) is 0 Å². The van der Waals surface area contributed by atoms with E-state index < -0.39 is 36.6 Å². The maximum Gasteiger partial charge on any atom is 0.404 e. The molecule has 3 rings (SSSR count). The molecule has 0 fully saturated rings. The van der Waals surface area contributed by atoms with Gasteiger partial charge in [0.25, 0.3) is 0 Å². The van der Waals surface area contributed by atoms with Crippen LogP contribution in [0.5, 0.6) is 5.75 Å². The summed E-state index contributed by atoms with van der Waals surface area (Å²) in [4.78, 5) is 11.9. The molecule has 0 aliphatic heterocycles. The van der Waals surface area contributed by atoms with Gasteiger partial charge in [0, 0.05) is 19.7 Å². The first-order valence-electron chi connectivity index (χ1n) is 16.2. The minimum Gasteiger partial charge on any atom is -0.489 e. The molecular formula is C36H52N2O7SSi. The molecule has 0 saturated heterocycles. The van der Waals surface area contributed by atoms with Crippen LogP contribution >= 0.6 is 0 Å². The highest BCUT2D eigenvalue weighted by Crippen LogP contribution is 2.36. The lowest BCUT2D eigenvalue weighted by Gasteiger charge is -2.36. The standard InChI is InChI=1S/C36H52N2O7SSi/c1-28(14-13-23-45-47(5,6)36(2,3)4)25-38(46(42,43)32-17-11-8-12-18-32)26-34(39)33(37-35(40)41)24-29-19-21-31(22-20-29)44-27-30-15-9-7-10-16-30/h7-12,15-22,28,33-34,37,39H,13-14,23-27H2,1-6H3,(H,40,41)/t28-,33-,34+/m0/s1. The summed E-state index contributed by atoms with van der Waals surface area (Å²) >= 11 is 0. The summed E-state index contributed by atoms with van der Waals surface area (Å²) in [5.41, 5.74) is 1.80. The van der Waals surface area contributed by atoms with E-state index in [-0.39, 0.29) is 35.4 Å². The average Bonchev–Trinajstić information content (AvgIpc) is 3.02. The number of hydrogen-bond acceptors (Lipinski definition) is 6. The Morgan fingerprint density at radius 2 is 1.51 bits per heavy atom. The number of aliphatic hydroxyl groups is 1. The molecule has 3 aromatic carbocycles. The lowest BCUT2D eigenvalue weighted by molar-refractivity contribution is 0.0969. The van der Waals surface area contributed by atoms with Crippen LogP contribution in [0.25, 0.3) is 0 Å². The highest BCUT2D eigenvalue weighted by molar-refractivity contribution is 7.89. The van der Waals surface area contributed by atoms with Crippen molar-refractivity contribution in [1.29, 1.82) is 0 Å². The summed E-state index contributed by atoms with van der Waals surface area (Å²) in [5.74, 6) is 0.628. The molecule has 11 heteroatoms. The van der Waals surface area contributed by atoms with Crippen molar-refractivity contribution in [3.05, 3.63) is 96.1 Å². The van der Waals surface area contributed by atoms with Gasteiger partial charge in [-0.3, -0.25) is 0 Å². The van der Waals surface area contributed by atoms with Crippen molar-refractivity contribution in [1.82, 2.24) is 9.62 Å². The lowest BCUT2D eigenvalue weighted by Crippen LogP contribution is -2.50. The smallest absolute Gasteiger partial charge is 0.404 e. The van der Waals surface area contributed by atoms with Crippen LogP contribution in [0.4, 0.5) is 4.79 Å². The van der Waals surface area contributed by atoms with Crippen molar-refractivity contribution in [2.75, 3.05) is 19.7 Å². The number of aliphatic hydroxyl groups excluding tert-OH is 1. The van der Waals surface area contributed by atoms with Crippen molar-refractivity contribution in [2.24, 2.45) is 5.92 Å². The maximum atomic E-state index is 13.8. The zero-order chi connectivity index (χ0) is 34.7. The molecule has 0 radical (unpaired) electrons. The highest BCUT2D eigenvalue weighted by atomic mass is 32.2. The quantitative estimate of drug-likeness (QED) is 0.0980. The molecule has 47 heavy (non-hydrogen) atoms. The molecule has 258 valence electrons. The number of nitrogens with zero attached hydrogens (tertiary/aromatic N) is 1. The molecular weight excluding hydrogens is 633 g/mol. The van der Waals surface area contributed by atoms with Gasteiger partial charge in [0.2, 0.25) is 10.0 Å². The van der Waals surface area contributed by atoms with Gasteiger partial charge in [0.05, 0.1) is 17.0 Å². The Morgan fingerprint density at radius 1 is 0.915 bits per heavy atom. The van der Waals surface area contributed by atoms with Gasteiger partial charge < -0.3 is 24.7 Å². The normalized spacial score (nSPS) is 14.4. The first-order valence-corrected chi connectivity index (χ1v) is 20.6. The Hall–Kier alpha value is -3.22. The second kappa shape index (κ2) is 17.3. The topological polar surface area (TPSA) is 125 Å². The predicted octanol–water partition coefficient (Wildman–Crippen LogP) is 6.93. The molecule has 3 atom stereocenters. The van der Waals surface area contributed by atoms with Crippen LogP contribution < -0.4 is 10.1 Å². The molecule has 3 N–H and O–H groups in total. The molecule has 1 amide bonds. The number of nitrogens with one attached hydrogen (secondary N) is 1. The van der Waals surface area contributed by atoms with Crippen molar-refractivity contribution >= 4 is 24.4 Å². The van der Waals surface area contributed by atoms with E-state index in [0.29, 0.717) is 19.0 Å². The molecule has 0 saturated carbocycles. The molecule has 0 aromatic heterocycles. The maximum absolute atomic E-state index is 13.8. The molecule has 9 nitrogen and oxygen atoms in total. The van der Waals surface area contributed by atoms with Gasteiger partial charge in [-0.05, 0) is 78.7 Å². The van der Waals surface area contributed by atoms with E-state index in [0.717, 1.165) is 24.0 Å². The molecule has 0 heterocycles. The van der Waals surface area contributed by atoms with E-state index in [4.69, 9.17) is 9.16 Å². The zero-order valence-electron chi connectivity index (χ0n) is 28.6. The number of sulfonamides is 1. The van der Waals surface area contributed by atoms with Crippen molar-refractivity contribution < 1.29 is 32.6 Å². The second-order valence-electron chi connectivity index (χ2n) is 13.7. The summed E-state index contributed by atoms with van der Waals surface area (Å²) in [7, 11) is -5.86. The molecule has 0 aliphatic carbocycles. The number of hydrogen-bond donors (Lipinski definition) is 3. The number of benzene rings is 3. The van der Waals surface area contributed by atoms with E-state index in [1.165, 1.54) is 16.4 Å². The number of carboxylic acid groups (broad SMARTS) is 1. The van der Waals surface area contributed by atoms with Gasteiger partial charge in [-0.1, -0.05) is 88.4 Å². The van der Waals surface area contributed by atoms with E-state index >= 15 is 0 Å². The van der Waals surface area contributed by atoms with Gasteiger partial charge in [-0.2, -0.15) is 4.31 Å². The fraction of sp³-hybridized carbons (Fsp3) is 0.472. The van der Waals surface area contributed by atoms with Crippen molar-refractivity contribution in [2.45, 2.75) is 88.7 Å². The molecule has 3 aromatic rings. The van der Waals surface area contributed by atoms with Crippen molar-refractivity contribution in [3.8, 4) is 5.75 Å². The summed E-state index contributed by atoms with van der Waals surface area (Å²) < 4.78 is 41.1. The number of rotatable bonds is 18. The largest absolute Gasteiger partial charge is 0.489 e. The summed E-state index contributed by atoms with van der Waals surface area (Å²) in [6.45, 7) is 13.9. The first kappa shape index (κ1) is 38.2. The number of ether oxygens (including phenoxy) is 1. The van der Waals surface area contributed by atoms with Crippen LogP contribution in [0, 0.1) is 5.92 Å². The number of carbonyl (C=O) groups is 1. The van der Waals surface area contributed by atoms with Crippen LogP contribution in [-0.2, 0) is 27.5 Å². The average molecular weight is 685 g/mol. The lowest BCUT2D eigenvalue weighted by atomic mass is 10.0. The van der Waals surface area contributed by atoms with E-state index in [9.17, 15) is 23.4 Å². The van der Waals surface area contributed by atoms with E-state index in [1.54, 1.807) is 30.3 Å². The third-order valence-corrected chi connectivity index (χ3v) is 15.2. The number of amides is 1.